The molecule has 0 aromatic carbocycles. The van der Waals surface area contributed by atoms with E-state index in [-0.39, 0.29) is 30.8 Å². The van der Waals surface area contributed by atoms with Crippen molar-refractivity contribution >= 4 is 11.8 Å². The smallest absolute Gasteiger partial charge is 0.305 e. The van der Waals surface area contributed by atoms with E-state index >= 15 is 0 Å². The van der Waals surface area contributed by atoms with Gasteiger partial charge in [-0.2, -0.15) is 10.2 Å². The van der Waals surface area contributed by atoms with Crippen molar-refractivity contribution in [2.24, 2.45) is 10.2 Å². The topological polar surface area (TPSA) is 68.1 Å². The zero-order valence-electron chi connectivity index (χ0n) is 7.52. The van der Waals surface area contributed by atoms with Crippen LogP contribution in [-0.4, -0.2) is 25.0 Å². The van der Waals surface area contributed by atoms with E-state index in [2.05, 4.69) is 15.0 Å². The Bertz CT molecular complexity index is 232. The van der Waals surface area contributed by atoms with Crippen molar-refractivity contribution < 1.29 is 14.3 Å². The molecular formula is C8H12N2O3. The van der Waals surface area contributed by atoms with Gasteiger partial charge < -0.3 is 4.74 Å². The van der Waals surface area contributed by atoms with E-state index in [1.807, 2.05) is 0 Å². The number of Topliss-reactive ketones (excluding diaryl/α,β-unsaturated/α-hetero) is 1. The summed E-state index contributed by atoms with van der Waals surface area (Å²) in [6.07, 6.45) is 1.62. The van der Waals surface area contributed by atoms with Crippen molar-refractivity contribution in [1.82, 2.24) is 0 Å². The van der Waals surface area contributed by atoms with Crippen LogP contribution in [0.4, 0.5) is 0 Å². The van der Waals surface area contributed by atoms with E-state index in [4.69, 9.17) is 0 Å². The van der Waals surface area contributed by atoms with Gasteiger partial charge >= 0.3 is 5.97 Å². The van der Waals surface area contributed by atoms with E-state index in [1.165, 1.54) is 7.11 Å². The first-order valence-corrected chi connectivity index (χ1v) is 4.21. The van der Waals surface area contributed by atoms with Gasteiger partial charge in [-0.1, -0.05) is 0 Å². The zero-order valence-corrected chi connectivity index (χ0v) is 7.52. The van der Waals surface area contributed by atoms with Crippen LogP contribution in [0.3, 0.4) is 0 Å². The molecule has 0 unspecified atom stereocenters. The maximum atomic E-state index is 11.1. The Labute approximate surface area is 76.2 Å². The number of nitrogens with zero attached hydrogens (tertiary/aromatic N) is 2. The fourth-order valence-corrected chi connectivity index (χ4v) is 0.921. The Balaban J connectivity index is 1.99. The Hall–Kier alpha value is -1.26. The van der Waals surface area contributed by atoms with Crippen LogP contribution in [0, 0.1) is 0 Å². The maximum absolute atomic E-state index is 11.1. The summed E-state index contributed by atoms with van der Waals surface area (Å²) in [4.78, 5) is 21.8. The van der Waals surface area contributed by atoms with Gasteiger partial charge in [-0.25, -0.2) is 0 Å². The van der Waals surface area contributed by atoms with E-state index in [1.54, 1.807) is 0 Å². The molecule has 5 nitrogen and oxygen atoms in total. The number of ketones is 1. The summed E-state index contributed by atoms with van der Waals surface area (Å²) in [5.41, 5.74) is 0. The third-order valence-electron chi connectivity index (χ3n) is 1.80. The normalized spacial score (nSPS) is 14.2. The van der Waals surface area contributed by atoms with Crippen molar-refractivity contribution in [3.8, 4) is 0 Å². The molecule has 72 valence electrons. The van der Waals surface area contributed by atoms with E-state index < -0.39 is 0 Å². The first kappa shape index (κ1) is 9.83. The summed E-state index contributed by atoms with van der Waals surface area (Å²) >= 11 is 0. The minimum Gasteiger partial charge on any atom is -0.469 e. The molecule has 0 spiro atoms. The predicted molar refractivity (Wildman–Crippen MR) is 44.1 cm³/mol. The largest absolute Gasteiger partial charge is 0.469 e. The molecule has 0 atom stereocenters. The van der Waals surface area contributed by atoms with Gasteiger partial charge in [0.05, 0.1) is 13.5 Å². The van der Waals surface area contributed by atoms with Crippen LogP contribution < -0.4 is 0 Å². The summed E-state index contributed by atoms with van der Waals surface area (Å²) in [6.45, 7) is 0. The van der Waals surface area contributed by atoms with Crippen LogP contribution in [0.15, 0.2) is 10.2 Å². The molecule has 0 saturated carbocycles. The number of hydrogen-bond donors (Lipinski definition) is 0. The molecule has 0 bridgehead atoms. The highest BCUT2D eigenvalue weighted by Gasteiger charge is 2.17. The number of carbonyl (C=O) groups is 2. The molecule has 5 heteroatoms. The van der Waals surface area contributed by atoms with Crippen molar-refractivity contribution in [3.63, 3.8) is 0 Å². The second-order valence-corrected chi connectivity index (χ2v) is 2.87. The number of hydrogen-bond acceptors (Lipinski definition) is 5. The lowest BCUT2D eigenvalue weighted by molar-refractivity contribution is -0.141. The lowest BCUT2D eigenvalue weighted by Gasteiger charge is -1.98. The molecule has 0 radical (unpaired) electrons. The molecule has 0 aromatic rings. The molecule has 0 fully saturated rings. The minimum atomic E-state index is -0.339. The van der Waals surface area contributed by atoms with Gasteiger partial charge in [-0.3, -0.25) is 9.59 Å². The van der Waals surface area contributed by atoms with Crippen molar-refractivity contribution in [2.75, 3.05) is 7.11 Å². The van der Waals surface area contributed by atoms with E-state index in [0.29, 0.717) is 12.8 Å². The lowest BCUT2D eigenvalue weighted by atomic mass is 10.1. The third kappa shape index (κ3) is 4.35. The second-order valence-electron chi connectivity index (χ2n) is 2.87. The number of esters is 1. The van der Waals surface area contributed by atoms with Crippen molar-refractivity contribution in [2.45, 2.75) is 31.8 Å². The molecule has 1 aliphatic heterocycles. The molecule has 13 heavy (non-hydrogen) atoms. The van der Waals surface area contributed by atoms with Crippen molar-refractivity contribution in [1.29, 1.82) is 0 Å². The van der Waals surface area contributed by atoms with Crippen LogP contribution in [0.2, 0.25) is 0 Å². The summed E-state index contributed by atoms with van der Waals surface area (Å²) in [6, 6.07) is 0. The number of ether oxygens (including phenoxy) is 1. The Morgan fingerprint density at radius 1 is 1.23 bits per heavy atom. The second kappa shape index (κ2) is 4.69. The summed E-state index contributed by atoms with van der Waals surface area (Å²) in [7, 11) is 1.31. The third-order valence-corrected chi connectivity index (χ3v) is 1.80. The Morgan fingerprint density at radius 2 is 1.92 bits per heavy atom. The van der Waals surface area contributed by atoms with Crippen LogP contribution in [0.5, 0.6) is 0 Å². The highest BCUT2D eigenvalue weighted by molar-refractivity contribution is 5.82. The van der Waals surface area contributed by atoms with Crippen LogP contribution in [0.25, 0.3) is 0 Å². The fourth-order valence-electron chi connectivity index (χ4n) is 0.921. The monoisotopic (exact) mass is 184 g/mol. The van der Waals surface area contributed by atoms with Gasteiger partial charge in [0.2, 0.25) is 0 Å². The summed E-state index contributed by atoms with van der Waals surface area (Å²) in [5, 5.41) is 7.33. The molecule has 1 heterocycles. The molecule has 0 aromatic heterocycles. The number of carbonyl (C=O) groups excluding carboxylic acids is 2. The highest BCUT2D eigenvalue weighted by Crippen LogP contribution is 2.17. The average Bonchev–Trinajstić information content (AvgIpc) is 2.94. The van der Waals surface area contributed by atoms with E-state index in [9.17, 15) is 9.59 Å². The van der Waals surface area contributed by atoms with Gasteiger partial charge in [0, 0.05) is 19.3 Å². The predicted octanol–water partition coefficient (Wildman–Crippen LogP) is 1.08. The first-order chi connectivity index (χ1) is 6.22. The molecular weight excluding hydrogens is 172 g/mol. The first-order valence-electron chi connectivity index (χ1n) is 4.21. The quantitative estimate of drug-likeness (QED) is 0.580. The van der Waals surface area contributed by atoms with Gasteiger partial charge in [0.25, 0.3) is 0 Å². The van der Waals surface area contributed by atoms with Gasteiger partial charge in [0.1, 0.15) is 5.78 Å². The Kier molecular flexibility index (Phi) is 3.54. The molecule has 1 aliphatic rings. The van der Waals surface area contributed by atoms with Crippen LogP contribution in [-0.2, 0) is 14.3 Å². The molecule has 1 rings (SSSR count). The molecule has 0 amide bonds. The summed E-state index contributed by atoms with van der Waals surface area (Å²) in [5.74, 6) is -0.267. The van der Waals surface area contributed by atoms with Gasteiger partial charge in [-0.05, 0) is 0 Å². The molecule has 0 aliphatic carbocycles. The van der Waals surface area contributed by atoms with Crippen LogP contribution in [0.1, 0.15) is 25.7 Å². The fraction of sp³-hybridized carbons (Fsp3) is 0.750. The summed E-state index contributed by atoms with van der Waals surface area (Å²) < 4.78 is 4.41. The maximum Gasteiger partial charge on any atom is 0.305 e. The van der Waals surface area contributed by atoms with Gasteiger partial charge in [-0.15, -0.1) is 0 Å². The molecule has 0 N–H and O–H groups in total. The standard InChI is InChI=1S/C8H12N2O3/c1-13-8(12)5-3-6(11)2-4-7-9-10-7/h7H,2-5H2,1H3. The van der Waals surface area contributed by atoms with Gasteiger partial charge in [0.15, 0.2) is 6.17 Å². The number of methoxy groups -OCH3 is 1. The highest BCUT2D eigenvalue weighted by atomic mass is 16.5. The lowest BCUT2D eigenvalue weighted by Crippen LogP contribution is -2.06. The zero-order chi connectivity index (χ0) is 9.68. The SMILES string of the molecule is COC(=O)CCC(=O)CCC1N=N1. The minimum absolute atomic E-state index is 0.0436. The van der Waals surface area contributed by atoms with Crippen LogP contribution >= 0.6 is 0 Å². The van der Waals surface area contributed by atoms with Crippen molar-refractivity contribution in [3.05, 3.63) is 0 Å². The molecule has 0 saturated heterocycles. The average molecular weight is 184 g/mol. The van der Waals surface area contributed by atoms with E-state index in [0.717, 1.165) is 0 Å². The number of rotatable bonds is 6. The Morgan fingerprint density at radius 3 is 2.46 bits per heavy atom.